The number of rotatable bonds is 4. The highest BCUT2D eigenvalue weighted by Crippen LogP contribution is 2.17. The van der Waals surface area contributed by atoms with Crippen LogP contribution in [-0.2, 0) is 13.1 Å². The molecule has 5 aromatic rings. The molecule has 0 aliphatic rings. The van der Waals surface area contributed by atoms with Crippen molar-refractivity contribution in [3.8, 4) is 0 Å². The zero-order chi connectivity index (χ0) is 18.1. The van der Waals surface area contributed by atoms with E-state index in [1.807, 2.05) is 0 Å². The third-order valence-corrected chi connectivity index (χ3v) is 5.10. The van der Waals surface area contributed by atoms with Crippen molar-refractivity contribution in [1.29, 1.82) is 0 Å². The van der Waals surface area contributed by atoms with Crippen LogP contribution in [0.5, 0.6) is 0 Å². The average molecular weight is 385 g/mol. The number of benzene rings is 4. The average Bonchev–Trinajstić information content (AvgIpc) is 3.14. The van der Waals surface area contributed by atoms with Gasteiger partial charge < -0.3 is 12.4 Å². The SMILES string of the molecule is [Cl-].c1ccc2cc(Cn3cc[n+](Cc4ccc5ccccc5c4)c3)ccc2c1. The molecule has 3 heteroatoms. The summed E-state index contributed by atoms with van der Waals surface area (Å²) >= 11 is 0. The molecule has 1 heterocycles. The van der Waals surface area contributed by atoms with Gasteiger partial charge in [0.2, 0.25) is 6.33 Å². The van der Waals surface area contributed by atoms with Gasteiger partial charge in [0, 0.05) is 0 Å². The minimum Gasteiger partial charge on any atom is -1.00 e. The van der Waals surface area contributed by atoms with Crippen molar-refractivity contribution in [3.05, 3.63) is 115 Å². The smallest absolute Gasteiger partial charge is 0.244 e. The summed E-state index contributed by atoms with van der Waals surface area (Å²) in [6.45, 7) is 1.77. The number of imidazole rings is 1. The van der Waals surface area contributed by atoms with Crippen molar-refractivity contribution >= 4 is 21.5 Å². The van der Waals surface area contributed by atoms with Crippen LogP contribution in [0.15, 0.2) is 104 Å². The highest BCUT2D eigenvalue weighted by molar-refractivity contribution is 5.83. The standard InChI is InChI=1S/C25H21N2.ClH/c1-3-7-24-15-20(9-11-22(24)5-1)17-26-13-14-27(19-26)18-21-10-12-23-6-2-4-8-25(23)16-21;/h1-16,19H,17-18H2;1H/q+1;/p-1. The molecule has 0 atom stereocenters. The molecule has 138 valence electrons. The summed E-state index contributed by atoms with van der Waals surface area (Å²) in [4.78, 5) is 0. The Morgan fingerprint density at radius 3 is 1.89 bits per heavy atom. The predicted octanol–water partition coefficient (Wildman–Crippen LogP) is 2.18. The van der Waals surface area contributed by atoms with Crippen LogP contribution >= 0.6 is 0 Å². The Morgan fingerprint density at radius 1 is 0.643 bits per heavy atom. The van der Waals surface area contributed by atoms with E-state index in [4.69, 9.17) is 0 Å². The number of halogens is 1. The lowest BCUT2D eigenvalue weighted by molar-refractivity contribution is -0.687. The van der Waals surface area contributed by atoms with E-state index in [0.717, 1.165) is 13.1 Å². The van der Waals surface area contributed by atoms with E-state index in [0.29, 0.717) is 0 Å². The van der Waals surface area contributed by atoms with E-state index in [2.05, 4.69) is 113 Å². The van der Waals surface area contributed by atoms with Gasteiger partial charge in [-0.3, -0.25) is 0 Å². The lowest BCUT2D eigenvalue weighted by Crippen LogP contribution is -3.00. The Morgan fingerprint density at radius 2 is 1.21 bits per heavy atom. The summed E-state index contributed by atoms with van der Waals surface area (Å²) < 4.78 is 4.48. The van der Waals surface area contributed by atoms with Crippen molar-refractivity contribution in [2.24, 2.45) is 0 Å². The van der Waals surface area contributed by atoms with Gasteiger partial charge in [-0.15, -0.1) is 0 Å². The Bertz CT molecular complexity index is 1140. The monoisotopic (exact) mass is 384 g/mol. The van der Waals surface area contributed by atoms with Gasteiger partial charge in [0.15, 0.2) is 0 Å². The lowest BCUT2D eigenvalue weighted by Gasteiger charge is -2.02. The highest BCUT2D eigenvalue weighted by Gasteiger charge is 2.07. The molecule has 0 bridgehead atoms. The van der Waals surface area contributed by atoms with E-state index in [1.165, 1.54) is 32.7 Å². The molecule has 0 aliphatic carbocycles. The highest BCUT2D eigenvalue weighted by atomic mass is 35.5. The Balaban J connectivity index is 0.00000192. The van der Waals surface area contributed by atoms with Gasteiger partial charge in [0.1, 0.15) is 25.5 Å². The molecule has 1 aromatic heterocycles. The first-order valence-electron chi connectivity index (χ1n) is 9.34. The molecular weight excluding hydrogens is 364 g/mol. The molecule has 0 aliphatic heterocycles. The Labute approximate surface area is 171 Å². The second kappa shape index (κ2) is 7.87. The van der Waals surface area contributed by atoms with Gasteiger partial charge in [0.05, 0.1) is 0 Å². The molecule has 0 N–H and O–H groups in total. The van der Waals surface area contributed by atoms with Crippen LogP contribution in [0.2, 0.25) is 0 Å². The Kier molecular flexibility index (Phi) is 5.14. The largest absolute Gasteiger partial charge is 1.00 e. The maximum Gasteiger partial charge on any atom is 0.244 e. The van der Waals surface area contributed by atoms with Gasteiger partial charge in [-0.05, 0) is 44.8 Å². The summed E-state index contributed by atoms with van der Waals surface area (Å²) in [5, 5.41) is 5.18. The summed E-state index contributed by atoms with van der Waals surface area (Å²) in [7, 11) is 0. The van der Waals surface area contributed by atoms with Crippen LogP contribution in [0.3, 0.4) is 0 Å². The number of fused-ring (bicyclic) bond motifs is 2. The summed E-state index contributed by atoms with van der Waals surface area (Å²) in [5.74, 6) is 0. The third-order valence-electron chi connectivity index (χ3n) is 5.10. The van der Waals surface area contributed by atoms with Gasteiger partial charge in [-0.1, -0.05) is 72.8 Å². The van der Waals surface area contributed by atoms with E-state index >= 15 is 0 Å². The molecule has 4 aromatic carbocycles. The lowest BCUT2D eigenvalue weighted by atomic mass is 10.1. The molecule has 0 spiro atoms. The minimum absolute atomic E-state index is 0. The first kappa shape index (κ1) is 18.3. The van der Waals surface area contributed by atoms with Gasteiger partial charge in [-0.2, -0.15) is 0 Å². The van der Waals surface area contributed by atoms with Gasteiger partial charge >= 0.3 is 0 Å². The molecule has 2 nitrogen and oxygen atoms in total. The van der Waals surface area contributed by atoms with Crippen LogP contribution in [-0.4, -0.2) is 4.57 Å². The quantitative estimate of drug-likeness (QED) is 0.420. The third kappa shape index (κ3) is 3.78. The fourth-order valence-corrected chi connectivity index (χ4v) is 3.72. The molecule has 28 heavy (non-hydrogen) atoms. The summed E-state index contributed by atoms with van der Waals surface area (Å²) in [5.41, 5.74) is 2.64. The van der Waals surface area contributed by atoms with Gasteiger partial charge in [0.25, 0.3) is 0 Å². The van der Waals surface area contributed by atoms with Crippen molar-refractivity contribution in [2.75, 3.05) is 0 Å². The molecule has 5 rings (SSSR count). The molecule has 0 radical (unpaired) electrons. The molecule has 0 saturated heterocycles. The number of nitrogens with zero attached hydrogens (tertiary/aromatic N) is 2. The number of hydrogen-bond donors (Lipinski definition) is 0. The van der Waals surface area contributed by atoms with Crippen LogP contribution in [0, 0.1) is 0 Å². The fourth-order valence-electron chi connectivity index (χ4n) is 3.72. The van der Waals surface area contributed by atoms with Crippen molar-refractivity contribution in [1.82, 2.24) is 4.57 Å². The molecule has 0 amide bonds. The summed E-state index contributed by atoms with van der Waals surface area (Å²) in [6.07, 6.45) is 6.48. The van der Waals surface area contributed by atoms with Crippen molar-refractivity contribution < 1.29 is 17.0 Å². The maximum atomic E-state index is 2.28. The maximum absolute atomic E-state index is 2.28. The first-order chi connectivity index (χ1) is 13.3. The van der Waals surface area contributed by atoms with E-state index in [1.54, 1.807) is 0 Å². The van der Waals surface area contributed by atoms with E-state index < -0.39 is 0 Å². The molecule has 0 unspecified atom stereocenters. The molecule has 0 saturated carbocycles. The van der Waals surface area contributed by atoms with Crippen LogP contribution in [0.1, 0.15) is 11.1 Å². The van der Waals surface area contributed by atoms with Gasteiger partial charge in [-0.25, -0.2) is 9.13 Å². The fraction of sp³-hybridized carbons (Fsp3) is 0.0800. The van der Waals surface area contributed by atoms with E-state index in [-0.39, 0.29) is 12.4 Å². The molecular formula is C25H21ClN2. The normalized spacial score (nSPS) is 10.9. The van der Waals surface area contributed by atoms with E-state index in [9.17, 15) is 0 Å². The van der Waals surface area contributed by atoms with Crippen LogP contribution in [0.25, 0.3) is 21.5 Å². The topological polar surface area (TPSA) is 8.81 Å². The van der Waals surface area contributed by atoms with Crippen LogP contribution < -0.4 is 17.0 Å². The second-order valence-electron chi connectivity index (χ2n) is 7.12. The zero-order valence-electron chi connectivity index (χ0n) is 15.5. The zero-order valence-corrected chi connectivity index (χ0v) is 16.3. The Hall–Kier alpha value is -3.10. The number of hydrogen-bond acceptors (Lipinski definition) is 0. The summed E-state index contributed by atoms with van der Waals surface area (Å²) in [6, 6.07) is 30.4. The minimum atomic E-state index is 0. The van der Waals surface area contributed by atoms with Crippen molar-refractivity contribution in [3.63, 3.8) is 0 Å². The van der Waals surface area contributed by atoms with Crippen molar-refractivity contribution in [2.45, 2.75) is 13.1 Å². The molecule has 0 fully saturated rings. The first-order valence-corrected chi connectivity index (χ1v) is 9.34. The number of aromatic nitrogens is 2. The second-order valence-corrected chi connectivity index (χ2v) is 7.12. The predicted molar refractivity (Wildman–Crippen MR) is 111 cm³/mol. The van der Waals surface area contributed by atoms with Crippen LogP contribution in [0.4, 0.5) is 0 Å².